The van der Waals surface area contributed by atoms with E-state index in [2.05, 4.69) is 34.2 Å². The molecule has 4 rings (SSSR count). The molecule has 1 aliphatic heterocycles. The summed E-state index contributed by atoms with van der Waals surface area (Å²) >= 11 is 0. The van der Waals surface area contributed by atoms with Crippen molar-refractivity contribution in [1.82, 2.24) is 19.9 Å². The summed E-state index contributed by atoms with van der Waals surface area (Å²) in [7, 11) is 1.69. The highest BCUT2D eigenvalue weighted by Gasteiger charge is 2.26. The summed E-state index contributed by atoms with van der Waals surface area (Å²) in [5.41, 5.74) is 5.03. The lowest BCUT2D eigenvalue weighted by molar-refractivity contribution is 0.0705. The molecule has 3 aromatic rings. The first-order chi connectivity index (χ1) is 14.6. The molecule has 2 aromatic heterocycles. The van der Waals surface area contributed by atoms with Gasteiger partial charge in [-0.2, -0.15) is 0 Å². The topological polar surface area (TPSA) is 68.2 Å². The average molecular weight is 402 g/mol. The molecule has 0 atom stereocenters. The predicted octanol–water partition coefficient (Wildman–Crippen LogP) is 3.80. The lowest BCUT2D eigenvalue weighted by Crippen LogP contribution is -2.38. The van der Waals surface area contributed by atoms with Gasteiger partial charge in [0.1, 0.15) is 11.4 Å². The van der Waals surface area contributed by atoms with Gasteiger partial charge in [-0.1, -0.05) is 12.1 Å². The Morgan fingerprint density at radius 2 is 1.97 bits per heavy atom. The quantitative estimate of drug-likeness (QED) is 0.649. The molecule has 1 fully saturated rings. The minimum atomic E-state index is -0.0440. The van der Waals surface area contributed by atoms with Gasteiger partial charge in [-0.05, 0) is 61.6 Å². The number of likely N-dealkylation sites (tertiary alicyclic amines) is 1. The van der Waals surface area contributed by atoms with Gasteiger partial charge in [-0.3, -0.25) is 14.8 Å². The number of benzene rings is 1. The molecule has 0 bridgehead atoms. The number of ether oxygens (including phenoxy) is 1. The van der Waals surface area contributed by atoms with E-state index >= 15 is 0 Å². The van der Waals surface area contributed by atoms with E-state index in [9.17, 15) is 4.79 Å². The van der Waals surface area contributed by atoms with Gasteiger partial charge in [0.2, 0.25) is 0 Å². The van der Waals surface area contributed by atoms with Crippen molar-refractivity contribution in [2.75, 3.05) is 20.2 Å². The number of rotatable bonds is 5. The molecule has 0 aliphatic carbocycles. The van der Waals surface area contributed by atoms with Crippen molar-refractivity contribution in [2.45, 2.75) is 32.1 Å². The van der Waals surface area contributed by atoms with Crippen LogP contribution in [0.2, 0.25) is 0 Å². The fourth-order valence-corrected chi connectivity index (χ4v) is 4.05. The largest absolute Gasteiger partial charge is 0.497 e. The summed E-state index contributed by atoms with van der Waals surface area (Å²) in [6, 6.07) is 12.5. The monoisotopic (exact) mass is 402 g/mol. The molecule has 6 nitrogen and oxygen atoms in total. The maximum Gasteiger partial charge on any atom is 0.274 e. The number of carbonyl (C=O) groups excluding carboxylic acids is 1. The Bertz CT molecular complexity index is 1010. The van der Waals surface area contributed by atoms with E-state index in [4.69, 9.17) is 9.72 Å². The van der Waals surface area contributed by atoms with Crippen molar-refractivity contribution in [3.05, 3.63) is 83.2 Å². The molecule has 6 heteroatoms. The predicted molar refractivity (Wildman–Crippen MR) is 115 cm³/mol. The fraction of sp³-hybridized carbons (Fsp3) is 0.333. The number of hydrogen-bond donors (Lipinski definition) is 0. The summed E-state index contributed by atoms with van der Waals surface area (Å²) in [6.07, 6.45) is 7.32. The maximum absolute atomic E-state index is 12.6. The van der Waals surface area contributed by atoms with Crippen LogP contribution in [0.3, 0.4) is 0 Å². The molecule has 1 aliphatic rings. The summed E-state index contributed by atoms with van der Waals surface area (Å²) in [6.45, 7) is 3.47. The third-order valence-electron chi connectivity index (χ3n) is 5.56. The van der Waals surface area contributed by atoms with Crippen LogP contribution < -0.4 is 4.74 Å². The van der Waals surface area contributed by atoms with Crippen molar-refractivity contribution in [3.8, 4) is 5.75 Å². The van der Waals surface area contributed by atoms with Crippen LogP contribution >= 0.6 is 0 Å². The molecule has 0 N–H and O–H groups in total. The Morgan fingerprint density at radius 1 is 1.13 bits per heavy atom. The fourth-order valence-electron chi connectivity index (χ4n) is 4.05. The van der Waals surface area contributed by atoms with Crippen molar-refractivity contribution >= 4 is 5.91 Å². The van der Waals surface area contributed by atoms with Crippen LogP contribution in [0.5, 0.6) is 5.75 Å². The van der Waals surface area contributed by atoms with Crippen LogP contribution in [-0.2, 0) is 6.42 Å². The molecule has 3 heterocycles. The van der Waals surface area contributed by atoms with Gasteiger partial charge in [0, 0.05) is 42.8 Å². The zero-order valence-corrected chi connectivity index (χ0v) is 17.4. The van der Waals surface area contributed by atoms with E-state index in [1.54, 1.807) is 19.5 Å². The Kier molecular flexibility index (Phi) is 6.02. The first-order valence-electron chi connectivity index (χ1n) is 10.3. The summed E-state index contributed by atoms with van der Waals surface area (Å²) in [5, 5.41) is 0. The highest BCUT2D eigenvalue weighted by atomic mass is 16.5. The third-order valence-corrected chi connectivity index (χ3v) is 5.56. The second-order valence-corrected chi connectivity index (χ2v) is 7.73. The number of amides is 1. The van der Waals surface area contributed by atoms with Crippen LogP contribution in [0.4, 0.5) is 0 Å². The first-order valence-corrected chi connectivity index (χ1v) is 10.3. The minimum absolute atomic E-state index is 0.0440. The highest BCUT2D eigenvalue weighted by molar-refractivity contribution is 5.92. The van der Waals surface area contributed by atoms with Gasteiger partial charge in [-0.15, -0.1) is 0 Å². The van der Waals surface area contributed by atoms with Gasteiger partial charge in [0.05, 0.1) is 13.3 Å². The number of hydrogen-bond acceptors (Lipinski definition) is 5. The van der Waals surface area contributed by atoms with Crippen molar-refractivity contribution in [1.29, 1.82) is 0 Å². The summed E-state index contributed by atoms with van der Waals surface area (Å²) in [5.74, 6) is 1.19. The summed E-state index contributed by atoms with van der Waals surface area (Å²) in [4.78, 5) is 27.4. The number of aromatic nitrogens is 3. The van der Waals surface area contributed by atoms with Crippen molar-refractivity contribution in [2.24, 2.45) is 0 Å². The molecule has 0 saturated carbocycles. The zero-order chi connectivity index (χ0) is 20.9. The number of aryl methyl sites for hydroxylation is 1. The normalized spacial score (nSPS) is 14.5. The van der Waals surface area contributed by atoms with E-state index in [1.807, 2.05) is 24.0 Å². The van der Waals surface area contributed by atoms with Crippen LogP contribution in [0.25, 0.3) is 0 Å². The number of nitrogens with zero attached hydrogens (tertiary/aromatic N) is 4. The van der Waals surface area contributed by atoms with Gasteiger partial charge >= 0.3 is 0 Å². The highest BCUT2D eigenvalue weighted by Crippen LogP contribution is 2.29. The second kappa shape index (κ2) is 9.03. The maximum atomic E-state index is 12.6. The molecule has 0 unspecified atom stereocenters. The van der Waals surface area contributed by atoms with E-state index in [0.29, 0.717) is 24.7 Å². The van der Waals surface area contributed by atoms with E-state index in [1.165, 1.54) is 17.3 Å². The molecule has 30 heavy (non-hydrogen) atoms. The Labute approximate surface area is 177 Å². The molecular weight excluding hydrogens is 376 g/mol. The molecule has 154 valence electrons. The number of pyridine rings is 1. The van der Waals surface area contributed by atoms with Gasteiger partial charge in [0.25, 0.3) is 5.91 Å². The lowest BCUT2D eigenvalue weighted by Gasteiger charge is -2.31. The molecule has 1 aromatic carbocycles. The average Bonchev–Trinajstić information content (AvgIpc) is 2.79. The third kappa shape index (κ3) is 4.64. The number of carbonyl (C=O) groups is 1. The van der Waals surface area contributed by atoms with Gasteiger partial charge in [-0.25, -0.2) is 4.98 Å². The van der Waals surface area contributed by atoms with Crippen molar-refractivity contribution < 1.29 is 9.53 Å². The van der Waals surface area contributed by atoms with Crippen LogP contribution in [0, 0.1) is 6.92 Å². The summed E-state index contributed by atoms with van der Waals surface area (Å²) < 4.78 is 5.34. The van der Waals surface area contributed by atoms with E-state index in [-0.39, 0.29) is 5.91 Å². The van der Waals surface area contributed by atoms with E-state index < -0.39 is 0 Å². The molecule has 1 saturated heterocycles. The Balaban J connectivity index is 1.44. The van der Waals surface area contributed by atoms with Gasteiger partial charge < -0.3 is 9.64 Å². The van der Waals surface area contributed by atoms with Crippen LogP contribution in [-0.4, -0.2) is 46.0 Å². The second-order valence-electron chi connectivity index (χ2n) is 7.73. The standard InChI is InChI=1S/C24H26N4O2/c1-17-12-19(13-18-4-3-5-21(14-18)30-2)15-22(27-17)20-6-10-28(11-7-20)24(29)23-16-25-8-9-26-23/h3-5,8-9,12,14-16,20H,6-7,10-11,13H2,1-2H3. The van der Waals surface area contributed by atoms with Crippen LogP contribution in [0.1, 0.15) is 51.8 Å². The zero-order valence-electron chi connectivity index (χ0n) is 17.4. The SMILES string of the molecule is COc1cccc(Cc2cc(C)nc(C3CCN(C(=O)c4cnccn4)CC3)c2)c1. The van der Waals surface area contributed by atoms with Gasteiger partial charge in [0.15, 0.2) is 0 Å². The lowest BCUT2D eigenvalue weighted by atomic mass is 9.91. The molecule has 0 radical (unpaired) electrons. The van der Waals surface area contributed by atoms with Crippen LogP contribution in [0.15, 0.2) is 55.0 Å². The smallest absolute Gasteiger partial charge is 0.274 e. The molecule has 1 amide bonds. The first kappa shape index (κ1) is 20.0. The minimum Gasteiger partial charge on any atom is -0.497 e. The molecular formula is C24H26N4O2. The number of methoxy groups -OCH3 is 1. The Morgan fingerprint density at radius 3 is 2.70 bits per heavy atom. The van der Waals surface area contributed by atoms with Crippen molar-refractivity contribution in [3.63, 3.8) is 0 Å². The Hall–Kier alpha value is -3.28. The number of piperidine rings is 1. The van der Waals surface area contributed by atoms with E-state index in [0.717, 1.165) is 36.4 Å². The molecule has 0 spiro atoms.